The molecular weight excluding hydrogens is 591 g/mol. The number of halogens is 3. The quantitative estimate of drug-likeness (QED) is 0.317. The molecule has 2 fully saturated rings. The second-order valence-electron chi connectivity index (χ2n) is 11.8. The van der Waals surface area contributed by atoms with Gasteiger partial charge in [-0.05, 0) is 99.3 Å². The maximum atomic E-state index is 13.7. The molecule has 2 heterocycles. The number of aliphatic carboxylic acids is 1. The lowest BCUT2D eigenvalue weighted by molar-refractivity contribution is -0.192. The Hall–Kier alpha value is -4.06. The number of carboxylic acids is 2. The Morgan fingerprint density at radius 1 is 0.933 bits per heavy atom. The minimum absolute atomic E-state index is 0.117. The maximum absolute atomic E-state index is 13.7. The molecule has 0 atom stereocenters. The van der Waals surface area contributed by atoms with Crippen LogP contribution >= 0.6 is 0 Å². The van der Waals surface area contributed by atoms with Gasteiger partial charge in [-0.1, -0.05) is 19.3 Å². The Kier molecular flexibility index (Phi) is 10.8. The van der Waals surface area contributed by atoms with Gasteiger partial charge < -0.3 is 29.3 Å². The van der Waals surface area contributed by atoms with E-state index in [2.05, 4.69) is 35.7 Å². The number of carbonyl (C=O) groups is 3. The van der Waals surface area contributed by atoms with Crippen LogP contribution in [-0.4, -0.2) is 88.9 Å². The molecule has 1 aliphatic carbocycles. The standard InChI is InChI=1S/C31H39N3O4.C2HF3O2/c1-32(2)24-15-17-33(18-16-24)28(35)20-34-27-14-11-23(31(36)37)19-26(27)29(21-7-5-4-6-8-21)30(34)22-9-12-25(38-3)13-10-22;3-2(4,5)1(6)7/h9-14,19,21,24H,4-8,15-18,20H2,1-3H3,(H,36,37);(H,6,7). The van der Waals surface area contributed by atoms with Crippen molar-refractivity contribution in [1.29, 1.82) is 0 Å². The number of carbonyl (C=O) groups excluding carboxylic acids is 1. The Balaban J connectivity index is 0.000000591. The van der Waals surface area contributed by atoms with Crippen molar-refractivity contribution in [2.24, 2.45) is 0 Å². The number of methoxy groups -OCH3 is 1. The predicted molar refractivity (Wildman–Crippen MR) is 164 cm³/mol. The summed E-state index contributed by atoms with van der Waals surface area (Å²) >= 11 is 0. The van der Waals surface area contributed by atoms with E-state index in [9.17, 15) is 27.9 Å². The van der Waals surface area contributed by atoms with Crippen molar-refractivity contribution in [3.63, 3.8) is 0 Å². The lowest BCUT2D eigenvalue weighted by atomic mass is 9.81. The largest absolute Gasteiger partial charge is 0.497 e. The van der Waals surface area contributed by atoms with Gasteiger partial charge in [0.2, 0.25) is 5.91 Å². The molecule has 2 aliphatic rings. The number of hydrogen-bond acceptors (Lipinski definition) is 5. The minimum atomic E-state index is -5.08. The molecule has 0 unspecified atom stereocenters. The van der Waals surface area contributed by atoms with Crippen molar-refractivity contribution < 1.29 is 42.5 Å². The van der Waals surface area contributed by atoms with Crippen LogP contribution in [-0.2, 0) is 16.1 Å². The van der Waals surface area contributed by atoms with Gasteiger partial charge in [0, 0.05) is 30.0 Å². The summed E-state index contributed by atoms with van der Waals surface area (Å²) < 4.78 is 39.3. The van der Waals surface area contributed by atoms with Gasteiger partial charge in [-0.15, -0.1) is 0 Å². The molecule has 0 bridgehead atoms. The third kappa shape index (κ3) is 7.97. The Morgan fingerprint density at radius 2 is 1.53 bits per heavy atom. The van der Waals surface area contributed by atoms with Crippen LogP contribution in [0.1, 0.15) is 66.8 Å². The van der Waals surface area contributed by atoms with E-state index >= 15 is 0 Å². The molecule has 0 spiro atoms. The smallest absolute Gasteiger partial charge is 0.490 e. The Bertz CT molecular complexity index is 1500. The average Bonchev–Trinajstić information content (AvgIpc) is 3.34. The van der Waals surface area contributed by atoms with Crippen molar-refractivity contribution in [2.75, 3.05) is 34.3 Å². The number of hydrogen-bond donors (Lipinski definition) is 2. The number of nitrogens with zero attached hydrogens (tertiary/aromatic N) is 3. The Labute approximate surface area is 260 Å². The topological polar surface area (TPSA) is 112 Å². The number of ether oxygens (including phenoxy) is 1. The molecule has 9 nitrogen and oxygen atoms in total. The van der Waals surface area contributed by atoms with Gasteiger partial charge in [-0.3, -0.25) is 4.79 Å². The van der Waals surface area contributed by atoms with Crippen molar-refractivity contribution in [3.8, 4) is 17.0 Å². The van der Waals surface area contributed by atoms with Crippen LogP contribution in [0.15, 0.2) is 42.5 Å². The fraction of sp³-hybridized carbons (Fsp3) is 0.485. The molecule has 12 heteroatoms. The van der Waals surface area contributed by atoms with Gasteiger partial charge in [-0.25, -0.2) is 9.59 Å². The van der Waals surface area contributed by atoms with E-state index in [0.29, 0.717) is 12.0 Å². The van der Waals surface area contributed by atoms with Crippen molar-refractivity contribution in [2.45, 2.75) is 69.6 Å². The molecule has 2 N–H and O–H groups in total. The first-order chi connectivity index (χ1) is 21.3. The lowest BCUT2D eigenvalue weighted by Gasteiger charge is -2.35. The zero-order valence-electron chi connectivity index (χ0n) is 25.8. The van der Waals surface area contributed by atoms with Crippen molar-refractivity contribution in [3.05, 3.63) is 53.6 Å². The monoisotopic (exact) mass is 631 g/mol. The van der Waals surface area contributed by atoms with E-state index in [4.69, 9.17) is 14.6 Å². The molecular formula is C33H40F3N3O6. The van der Waals surface area contributed by atoms with E-state index in [1.807, 2.05) is 29.2 Å². The molecule has 3 aromatic rings. The summed E-state index contributed by atoms with van der Waals surface area (Å²) in [7, 11) is 5.87. The zero-order valence-corrected chi connectivity index (χ0v) is 25.8. The highest BCUT2D eigenvalue weighted by Crippen LogP contribution is 2.44. The number of benzene rings is 2. The van der Waals surface area contributed by atoms with Crippen molar-refractivity contribution in [1.82, 2.24) is 14.4 Å². The number of piperidine rings is 1. The fourth-order valence-electron chi connectivity index (χ4n) is 6.41. The number of aromatic nitrogens is 1. The second-order valence-corrected chi connectivity index (χ2v) is 11.8. The van der Waals surface area contributed by atoms with Gasteiger partial charge in [0.05, 0.1) is 18.4 Å². The van der Waals surface area contributed by atoms with Crippen LogP contribution in [0.4, 0.5) is 13.2 Å². The van der Waals surface area contributed by atoms with Crippen LogP contribution in [0.25, 0.3) is 22.2 Å². The first kappa shape index (κ1) is 33.8. The molecule has 244 valence electrons. The van der Waals surface area contributed by atoms with Gasteiger partial charge in [0.25, 0.3) is 0 Å². The summed E-state index contributed by atoms with van der Waals surface area (Å²) in [6.07, 6.45) is 2.58. The number of carboxylic acid groups (broad SMARTS) is 2. The molecule has 45 heavy (non-hydrogen) atoms. The average molecular weight is 632 g/mol. The Morgan fingerprint density at radius 3 is 2.04 bits per heavy atom. The zero-order chi connectivity index (χ0) is 32.9. The van der Waals surface area contributed by atoms with Crippen LogP contribution in [0.3, 0.4) is 0 Å². The van der Waals surface area contributed by atoms with Crippen molar-refractivity contribution >= 4 is 28.7 Å². The maximum Gasteiger partial charge on any atom is 0.490 e. The number of amides is 1. The molecule has 1 amide bonds. The number of likely N-dealkylation sites (tertiary alicyclic amines) is 1. The van der Waals surface area contributed by atoms with E-state index in [0.717, 1.165) is 79.5 Å². The van der Waals surface area contributed by atoms with Crippen LogP contribution in [0.5, 0.6) is 5.75 Å². The minimum Gasteiger partial charge on any atom is -0.497 e. The van der Waals surface area contributed by atoms with E-state index in [1.54, 1.807) is 13.2 Å². The number of rotatable bonds is 7. The summed E-state index contributed by atoms with van der Waals surface area (Å²) in [5.74, 6) is -2.46. The fourth-order valence-corrected chi connectivity index (χ4v) is 6.41. The van der Waals surface area contributed by atoms with Crippen LogP contribution in [0.2, 0.25) is 0 Å². The molecule has 2 aromatic carbocycles. The summed E-state index contributed by atoms with van der Waals surface area (Å²) in [5.41, 5.74) is 4.46. The first-order valence-electron chi connectivity index (χ1n) is 15.1. The number of fused-ring (bicyclic) bond motifs is 1. The predicted octanol–water partition coefficient (Wildman–Crippen LogP) is 6.25. The van der Waals surface area contributed by atoms with Gasteiger partial charge in [0.1, 0.15) is 12.3 Å². The van der Waals surface area contributed by atoms with Gasteiger partial charge in [-0.2, -0.15) is 13.2 Å². The summed E-state index contributed by atoms with van der Waals surface area (Å²) in [5, 5.41) is 17.9. The molecule has 1 aliphatic heterocycles. The molecule has 1 aromatic heterocycles. The molecule has 1 saturated heterocycles. The third-order valence-electron chi connectivity index (χ3n) is 8.81. The van der Waals surface area contributed by atoms with E-state index in [-0.39, 0.29) is 18.0 Å². The van der Waals surface area contributed by atoms with E-state index in [1.165, 1.54) is 12.0 Å². The number of aromatic carboxylic acids is 1. The highest BCUT2D eigenvalue weighted by atomic mass is 19.4. The highest BCUT2D eigenvalue weighted by Gasteiger charge is 2.38. The molecule has 0 radical (unpaired) electrons. The van der Waals surface area contributed by atoms with E-state index < -0.39 is 18.1 Å². The third-order valence-corrected chi connectivity index (χ3v) is 8.81. The van der Waals surface area contributed by atoms with Crippen LogP contribution in [0, 0.1) is 0 Å². The lowest BCUT2D eigenvalue weighted by Crippen LogP contribution is -2.45. The normalized spacial score (nSPS) is 16.4. The SMILES string of the molecule is COc1ccc(-c2c(C3CCCCC3)c3cc(C(=O)O)ccc3n2CC(=O)N2CCC(N(C)C)CC2)cc1.O=C(O)C(F)(F)F. The summed E-state index contributed by atoms with van der Waals surface area (Å²) in [6, 6.07) is 13.9. The second kappa shape index (κ2) is 14.4. The summed E-state index contributed by atoms with van der Waals surface area (Å²) in [4.78, 5) is 38.8. The van der Waals surface area contributed by atoms with Gasteiger partial charge in [0.15, 0.2) is 0 Å². The first-order valence-corrected chi connectivity index (χ1v) is 15.1. The number of alkyl halides is 3. The highest BCUT2D eigenvalue weighted by molar-refractivity contribution is 5.99. The summed E-state index contributed by atoms with van der Waals surface area (Å²) in [6.45, 7) is 1.76. The molecule has 1 saturated carbocycles. The van der Waals surface area contributed by atoms with Crippen LogP contribution < -0.4 is 4.74 Å². The molecule has 5 rings (SSSR count). The van der Waals surface area contributed by atoms with Gasteiger partial charge >= 0.3 is 18.1 Å².